The van der Waals surface area contributed by atoms with Gasteiger partial charge in [0.15, 0.2) is 0 Å². The maximum absolute atomic E-state index is 12.5. The molecule has 0 radical (unpaired) electrons. The van der Waals surface area contributed by atoms with E-state index in [1.54, 1.807) is 37.2 Å². The molecule has 2 aromatic rings. The van der Waals surface area contributed by atoms with Gasteiger partial charge in [0, 0.05) is 17.8 Å². The molecule has 0 heterocycles. The molecule has 3 N–H and O–H groups in total. The van der Waals surface area contributed by atoms with E-state index in [4.69, 9.17) is 4.74 Å². The molecule has 2 aromatic carbocycles. The summed E-state index contributed by atoms with van der Waals surface area (Å²) in [6, 6.07) is 11.3. The van der Waals surface area contributed by atoms with Crippen molar-refractivity contribution in [1.29, 1.82) is 0 Å². The topological polar surface area (TPSA) is 117 Å². The lowest BCUT2D eigenvalue weighted by molar-refractivity contribution is -0.116. The number of methoxy groups -OCH3 is 1. The first-order valence-corrected chi connectivity index (χ1v) is 10.6. The van der Waals surface area contributed by atoms with Gasteiger partial charge in [0.05, 0.1) is 13.7 Å². The van der Waals surface area contributed by atoms with E-state index in [1.807, 2.05) is 6.07 Å². The molecular weight excluding hydrogens is 408 g/mol. The molecule has 2 rings (SSSR count). The van der Waals surface area contributed by atoms with Crippen molar-refractivity contribution in [1.82, 2.24) is 14.9 Å². The van der Waals surface area contributed by atoms with E-state index in [1.165, 1.54) is 32.4 Å². The fourth-order valence-corrected chi connectivity index (χ4v) is 3.59. The number of benzene rings is 2. The summed E-state index contributed by atoms with van der Waals surface area (Å²) in [4.78, 5) is 26.1. The second-order valence-electron chi connectivity index (χ2n) is 6.74. The van der Waals surface area contributed by atoms with Gasteiger partial charge in [-0.05, 0) is 57.0 Å². The fraction of sp³-hybridized carbons (Fsp3) is 0.300. The Morgan fingerprint density at radius 3 is 2.47 bits per heavy atom. The van der Waals surface area contributed by atoms with E-state index < -0.39 is 15.9 Å². The van der Waals surface area contributed by atoms with Crippen molar-refractivity contribution in [2.75, 3.05) is 40.1 Å². The Kier molecular flexibility index (Phi) is 7.93. The van der Waals surface area contributed by atoms with Crippen LogP contribution in [0.5, 0.6) is 5.75 Å². The number of carbonyl (C=O) groups is 2. The average Bonchev–Trinajstić information content (AvgIpc) is 2.71. The van der Waals surface area contributed by atoms with Gasteiger partial charge in [-0.25, -0.2) is 13.1 Å². The minimum atomic E-state index is -3.79. The van der Waals surface area contributed by atoms with E-state index in [0.29, 0.717) is 5.69 Å². The van der Waals surface area contributed by atoms with E-state index in [2.05, 4.69) is 15.4 Å². The number of hydrogen-bond donors (Lipinski definition) is 3. The zero-order chi connectivity index (χ0) is 22.3. The molecule has 0 aliphatic carbocycles. The third-order valence-electron chi connectivity index (χ3n) is 4.11. The standard InChI is InChI=1S/C20H26N4O5S/c1-21-30(27,28)18-11-15(8-9-17(18)29-4)20(26)22-12-14-6-5-7-16(10-14)23-19(25)13-24(2)3/h5-11,21H,12-13H2,1-4H3,(H,22,26)(H,23,25). The number of sulfonamides is 1. The van der Waals surface area contributed by atoms with Crippen LogP contribution in [0.25, 0.3) is 0 Å². The number of likely N-dealkylation sites (N-methyl/N-ethyl adjacent to an activating group) is 1. The molecule has 0 atom stereocenters. The first kappa shape index (κ1) is 23.3. The number of rotatable bonds is 9. The summed E-state index contributed by atoms with van der Waals surface area (Å²) < 4.78 is 31.6. The highest BCUT2D eigenvalue weighted by atomic mass is 32.2. The van der Waals surface area contributed by atoms with Crippen LogP contribution in [0.1, 0.15) is 15.9 Å². The lowest BCUT2D eigenvalue weighted by Gasteiger charge is -2.12. The van der Waals surface area contributed by atoms with Gasteiger partial charge in [-0.1, -0.05) is 12.1 Å². The van der Waals surface area contributed by atoms with Gasteiger partial charge in [-0.15, -0.1) is 0 Å². The smallest absolute Gasteiger partial charge is 0.251 e. The van der Waals surface area contributed by atoms with Crippen LogP contribution in [0.15, 0.2) is 47.4 Å². The van der Waals surface area contributed by atoms with Gasteiger partial charge < -0.3 is 20.3 Å². The molecule has 0 bridgehead atoms. The van der Waals surface area contributed by atoms with Crippen LogP contribution >= 0.6 is 0 Å². The summed E-state index contributed by atoms with van der Waals surface area (Å²) >= 11 is 0. The highest BCUT2D eigenvalue weighted by molar-refractivity contribution is 7.89. The van der Waals surface area contributed by atoms with Crippen LogP contribution in [0.2, 0.25) is 0 Å². The van der Waals surface area contributed by atoms with Crippen LogP contribution in [0.3, 0.4) is 0 Å². The van der Waals surface area contributed by atoms with Crippen LogP contribution < -0.4 is 20.1 Å². The molecule has 0 fully saturated rings. The SMILES string of the molecule is CNS(=O)(=O)c1cc(C(=O)NCc2cccc(NC(=O)CN(C)C)c2)ccc1OC. The van der Waals surface area contributed by atoms with Gasteiger partial charge >= 0.3 is 0 Å². The highest BCUT2D eigenvalue weighted by Crippen LogP contribution is 2.24. The van der Waals surface area contributed by atoms with Crippen molar-refractivity contribution < 1.29 is 22.7 Å². The fourth-order valence-electron chi connectivity index (χ4n) is 2.67. The van der Waals surface area contributed by atoms with Gasteiger partial charge in [0.2, 0.25) is 15.9 Å². The first-order valence-electron chi connectivity index (χ1n) is 9.09. The van der Waals surface area contributed by atoms with Crippen LogP contribution in [0.4, 0.5) is 5.69 Å². The number of anilines is 1. The van der Waals surface area contributed by atoms with Crippen molar-refractivity contribution in [3.63, 3.8) is 0 Å². The lowest BCUT2D eigenvalue weighted by Crippen LogP contribution is -2.27. The average molecular weight is 435 g/mol. The summed E-state index contributed by atoms with van der Waals surface area (Å²) in [5.74, 6) is -0.438. The largest absolute Gasteiger partial charge is 0.495 e. The Hall–Kier alpha value is -2.95. The number of nitrogens with zero attached hydrogens (tertiary/aromatic N) is 1. The molecule has 0 saturated carbocycles. The number of amides is 2. The molecule has 9 nitrogen and oxygen atoms in total. The van der Waals surface area contributed by atoms with Crippen LogP contribution in [0, 0.1) is 0 Å². The molecular formula is C20H26N4O5S. The Bertz CT molecular complexity index is 1020. The summed E-state index contributed by atoms with van der Waals surface area (Å²) in [7, 11) is 2.46. The predicted octanol–water partition coefficient (Wildman–Crippen LogP) is 1.03. The van der Waals surface area contributed by atoms with Crippen molar-refractivity contribution in [2.45, 2.75) is 11.4 Å². The normalized spacial score (nSPS) is 11.2. The Labute approximate surface area is 176 Å². The lowest BCUT2D eigenvalue weighted by atomic mass is 10.1. The minimum absolute atomic E-state index is 0.120. The Morgan fingerprint density at radius 2 is 1.83 bits per heavy atom. The molecule has 0 aliphatic rings. The molecule has 10 heteroatoms. The Morgan fingerprint density at radius 1 is 1.10 bits per heavy atom. The van der Waals surface area contributed by atoms with E-state index in [0.717, 1.165) is 5.56 Å². The van der Waals surface area contributed by atoms with Gasteiger partial charge in [-0.2, -0.15) is 0 Å². The number of carbonyl (C=O) groups excluding carboxylic acids is 2. The first-order chi connectivity index (χ1) is 14.2. The molecule has 0 spiro atoms. The van der Waals surface area contributed by atoms with E-state index in [-0.39, 0.29) is 35.2 Å². The number of nitrogens with one attached hydrogen (secondary N) is 3. The van der Waals surface area contributed by atoms with Crippen LogP contribution in [-0.2, 0) is 21.4 Å². The quantitative estimate of drug-likeness (QED) is 0.543. The third kappa shape index (κ3) is 6.28. The van der Waals surface area contributed by atoms with E-state index >= 15 is 0 Å². The second kappa shape index (κ2) is 10.2. The van der Waals surface area contributed by atoms with Crippen molar-refractivity contribution >= 4 is 27.5 Å². The molecule has 30 heavy (non-hydrogen) atoms. The molecule has 0 unspecified atom stereocenters. The monoisotopic (exact) mass is 434 g/mol. The molecule has 0 aromatic heterocycles. The summed E-state index contributed by atoms with van der Waals surface area (Å²) in [6.45, 7) is 0.465. The van der Waals surface area contributed by atoms with Crippen molar-refractivity contribution in [3.05, 3.63) is 53.6 Å². The van der Waals surface area contributed by atoms with Gasteiger partial charge in [-0.3, -0.25) is 9.59 Å². The molecule has 162 valence electrons. The van der Waals surface area contributed by atoms with Gasteiger partial charge in [0.1, 0.15) is 10.6 Å². The molecule has 2 amide bonds. The molecule has 0 aliphatic heterocycles. The predicted molar refractivity (Wildman–Crippen MR) is 114 cm³/mol. The maximum Gasteiger partial charge on any atom is 0.251 e. The van der Waals surface area contributed by atoms with Crippen LogP contribution in [-0.4, -0.2) is 59.9 Å². The maximum atomic E-state index is 12.5. The number of ether oxygens (including phenoxy) is 1. The van der Waals surface area contributed by atoms with Crippen molar-refractivity contribution in [3.8, 4) is 5.75 Å². The minimum Gasteiger partial charge on any atom is -0.495 e. The molecule has 0 saturated heterocycles. The second-order valence-corrected chi connectivity index (χ2v) is 8.60. The van der Waals surface area contributed by atoms with Gasteiger partial charge in [0.25, 0.3) is 5.91 Å². The summed E-state index contributed by atoms with van der Waals surface area (Å²) in [6.07, 6.45) is 0. The zero-order valence-electron chi connectivity index (χ0n) is 17.4. The zero-order valence-corrected chi connectivity index (χ0v) is 18.2. The Balaban J connectivity index is 2.10. The number of hydrogen-bond acceptors (Lipinski definition) is 6. The highest BCUT2D eigenvalue weighted by Gasteiger charge is 2.20. The summed E-state index contributed by atoms with van der Waals surface area (Å²) in [5.41, 5.74) is 1.59. The van der Waals surface area contributed by atoms with E-state index in [9.17, 15) is 18.0 Å². The van der Waals surface area contributed by atoms with Crippen molar-refractivity contribution in [2.24, 2.45) is 0 Å². The summed E-state index contributed by atoms with van der Waals surface area (Å²) in [5, 5.41) is 5.54. The third-order valence-corrected chi connectivity index (χ3v) is 5.54.